The van der Waals surface area contributed by atoms with Crippen LogP contribution in [-0.2, 0) is 14.8 Å². The first kappa shape index (κ1) is 17.8. The SMILES string of the molecule is CC(C)(C)CN1C[C@H](NS(=O)(=O)c2ccc(F)cc2F)CC1=O. The van der Waals surface area contributed by atoms with Crippen molar-refractivity contribution in [3.63, 3.8) is 0 Å². The van der Waals surface area contributed by atoms with Crippen LogP contribution in [0.4, 0.5) is 8.78 Å². The first-order valence-corrected chi connectivity index (χ1v) is 8.71. The van der Waals surface area contributed by atoms with Crippen molar-refractivity contribution in [2.75, 3.05) is 13.1 Å². The van der Waals surface area contributed by atoms with Gasteiger partial charge in [-0.3, -0.25) is 4.79 Å². The van der Waals surface area contributed by atoms with Crippen molar-refractivity contribution in [3.8, 4) is 0 Å². The molecule has 0 aliphatic carbocycles. The quantitative estimate of drug-likeness (QED) is 0.905. The molecule has 0 aromatic heterocycles. The van der Waals surface area contributed by atoms with Gasteiger partial charge in [0.15, 0.2) is 0 Å². The van der Waals surface area contributed by atoms with Crippen molar-refractivity contribution in [1.82, 2.24) is 9.62 Å². The van der Waals surface area contributed by atoms with Gasteiger partial charge in [-0.2, -0.15) is 0 Å². The molecule has 0 bridgehead atoms. The normalized spacial score (nSPS) is 19.4. The molecule has 23 heavy (non-hydrogen) atoms. The van der Waals surface area contributed by atoms with Gasteiger partial charge in [0.2, 0.25) is 15.9 Å². The Labute approximate surface area is 134 Å². The Bertz CT molecular complexity index is 714. The number of halogens is 2. The number of likely N-dealkylation sites (tertiary alicyclic amines) is 1. The van der Waals surface area contributed by atoms with Crippen LogP contribution >= 0.6 is 0 Å². The number of benzene rings is 1. The van der Waals surface area contributed by atoms with E-state index in [1.165, 1.54) is 0 Å². The van der Waals surface area contributed by atoms with Crippen LogP contribution in [0.1, 0.15) is 27.2 Å². The molecule has 1 aliphatic rings. The minimum absolute atomic E-state index is 0.0259. The average Bonchev–Trinajstić information content (AvgIpc) is 2.65. The second kappa shape index (κ2) is 6.16. The van der Waals surface area contributed by atoms with E-state index >= 15 is 0 Å². The number of nitrogens with one attached hydrogen (secondary N) is 1. The molecular weight excluding hydrogens is 326 g/mol. The van der Waals surface area contributed by atoms with Crippen LogP contribution in [0.3, 0.4) is 0 Å². The molecule has 1 heterocycles. The lowest BCUT2D eigenvalue weighted by atomic mass is 9.96. The second-order valence-corrected chi connectivity index (χ2v) is 8.61. The van der Waals surface area contributed by atoms with Crippen molar-refractivity contribution in [2.24, 2.45) is 5.41 Å². The van der Waals surface area contributed by atoms with Crippen LogP contribution in [0.5, 0.6) is 0 Å². The van der Waals surface area contributed by atoms with Crippen molar-refractivity contribution >= 4 is 15.9 Å². The number of carbonyl (C=O) groups is 1. The largest absolute Gasteiger partial charge is 0.341 e. The monoisotopic (exact) mass is 346 g/mol. The summed E-state index contributed by atoms with van der Waals surface area (Å²) in [6.45, 7) is 6.68. The Hall–Kier alpha value is -1.54. The number of sulfonamides is 1. The Kier molecular flexibility index (Phi) is 4.77. The van der Waals surface area contributed by atoms with Gasteiger partial charge < -0.3 is 4.90 Å². The third kappa shape index (κ3) is 4.48. The van der Waals surface area contributed by atoms with E-state index in [1.807, 2.05) is 20.8 Å². The van der Waals surface area contributed by atoms with Crippen LogP contribution in [0.25, 0.3) is 0 Å². The van der Waals surface area contributed by atoms with Gasteiger partial charge in [-0.25, -0.2) is 21.9 Å². The molecule has 5 nitrogen and oxygen atoms in total. The van der Waals surface area contributed by atoms with Crippen LogP contribution in [0.2, 0.25) is 0 Å². The summed E-state index contributed by atoms with van der Waals surface area (Å²) in [6, 6.07) is 1.64. The fraction of sp³-hybridized carbons (Fsp3) is 0.533. The molecule has 1 amide bonds. The summed E-state index contributed by atoms with van der Waals surface area (Å²) >= 11 is 0. The van der Waals surface area contributed by atoms with Crippen molar-refractivity contribution in [1.29, 1.82) is 0 Å². The zero-order chi connectivity index (χ0) is 17.4. The van der Waals surface area contributed by atoms with Gasteiger partial charge in [0.25, 0.3) is 0 Å². The zero-order valence-electron chi connectivity index (χ0n) is 13.3. The lowest BCUT2D eigenvalue weighted by Crippen LogP contribution is -2.39. The second-order valence-electron chi connectivity index (χ2n) is 6.93. The Morgan fingerprint density at radius 2 is 1.96 bits per heavy atom. The van der Waals surface area contributed by atoms with Gasteiger partial charge in [-0.1, -0.05) is 20.8 Å². The van der Waals surface area contributed by atoms with E-state index in [2.05, 4.69) is 4.72 Å². The van der Waals surface area contributed by atoms with Gasteiger partial charge in [-0.05, 0) is 17.5 Å². The van der Waals surface area contributed by atoms with Gasteiger partial charge >= 0.3 is 0 Å². The lowest BCUT2D eigenvalue weighted by molar-refractivity contribution is -0.128. The van der Waals surface area contributed by atoms with E-state index in [4.69, 9.17) is 0 Å². The molecule has 1 saturated heterocycles. The summed E-state index contributed by atoms with van der Waals surface area (Å²) in [4.78, 5) is 12.9. The van der Waals surface area contributed by atoms with E-state index < -0.39 is 32.6 Å². The summed E-state index contributed by atoms with van der Waals surface area (Å²) in [5.41, 5.74) is -0.105. The molecule has 0 radical (unpaired) electrons. The molecule has 1 aromatic rings. The third-order valence-corrected chi connectivity index (χ3v) is 4.94. The molecule has 1 fully saturated rings. The van der Waals surface area contributed by atoms with Crippen LogP contribution in [0, 0.1) is 17.0 Å². The molecule has 0 unspecified atom stereocenters. The number of amides is 1. The van der Waals surface area contributed by atoms with E-state index in [0.717, 1.165) is 12.1 Å². The van der Waals surface area contributed by atoms with Crippen LogP contribution in [-0.4, -0.2) is 38.4 Å². The zero-order valence-corrected chi connectivity index (χ0v) is 14.1. The minimum atomic E-state index is -4.15. The summed E-state index contributed by atoms with van der Waals surface area (Å²) in [6.07, 6.45) is 0.0259. The van der Waals surface area contributed by atoms with E-state index in [9.17, 15) is 22.0 Å². The van der Waals surface area contributed by atoms with Crippen molar-refractivity contribution < 1.29 is 22.0 Å². The first-order valence-electron chi connectivity index (χ1n) is 7.23. The van der Waals surface area contributed by atoms with Gasteiger partial charge in [0.1, 0.15) is 16.5 Å². The van der Waals surface area contributed by atoms with Crippen molar-refractivity contribution in [3.05, 3.63) is 29.8 Å². The highest BCUT2D eigenvalue weighted by Crippen LogP contribution is 2.22. The number of hydrogen-bond acceptors (Lipinski definition) is 3. The predicted octanol–water partition coefficient (Wildman–Crippen LogP) is 1.89. The number of nitrogens with zero attached hydrogens (tertiary/aromatic N) is 1. The Balaban J connectivity index is 2.11. The fourth-order valence-corrected chi connectivity index (χ4v) is 3.84. The Morgan fingerprint density at radius 1 is 1.30 bits per heavy atom. The Morgan fingerprint density at radius 3 is 2.52 bits per heavy atom. The number of rotatable bonds is 4. The maximum Gasteiger partial charge on any atom is 0.243 e. The average molecular weight is 346 g/mol. The highest BCUT2D eigenvalue weighted by atomic mass is 32.2. The summed E-state index contributed by atoms with van der Waals surface area (Å²) in [5.74, 6) is -2.16. The maximum atomic E-state index is 13.7. The number of hydrogen-bond donors (Lipinski definition) is 1. The molecule has 1 aromatic carbocycles. The maximum absolute atomic E-state index is 13.7. The standard InChI is InChI=1S/C15H20F2N2O3S/c1-15(2,3)9-19-8-11(7-14(19)20)18-23(21,22)13-5-4-10(16)6-12(13)17/h4-6,11,18H,7-9H2,1-3H3/t11-/m1/s1. The molecular formula is C15H20F2N2O3S. The van der Waals surface area contributed by atoms with E-state index in [0.29, 0.717) is 12.6 Å². The van der Waals surface area contributed by atoms with Crippen LogP contribution < -0.4 is 4.72 Å². The molecule has 0 saturated carbocycles. The first-order chi connectivity index (χ1) is 10.5. The van der Waals surface area contributed by atoms with Crippen molar-refractivity contribution in [2.45, 2.75) is 38.1 Å². The number of carbonyl (C=O) groups excluding carboxylic acids is 1. The van der Waals surface area contributed by atoms with E-state index in [1.54, 1.807) is 4.90 Å². The van der Waals surface area contributed by atoms with E-state index in [-0.39, 0.29) is 24.3 Å². The lowest BCUT2D eigenvalue weighted by Gasteiger charge is -2.26. The summed E-state index contributed by atoms with van der Waals surface area (Å²) in [5, 5.41) is 0. The molecule has 8 heteroatoms. The fourth-order valence-electron chi connectivity index (χ4n) is 2.55. The molecule has 0 spiro atoms. The highest BCUT2D eigenvalue weighted by molar-refractivity contribution is 7.89. The summed E-state index contributed by atoms with van der Waals surface area (Å²) < 4.78 is 53.3. The topological polar surface area (TPSA) is 66.5 Å². The molecule has 128 valence electrons. The highest BCUT2D eigenvalue weighted by Gasteiger charge is 2.35. The molecule has 1 N–H and O–H groups in total. The molecule has 1 aliphatic heterocycles. The predicted molar refractivity (Wildman–Crippen MR) is 81.1 cm³/mol. The minimum Gasteiger partial charge on any atom is -0.341 e. The van der Waals surface area contributed by atoms with Gasteiger partial charge in [0, 0.05) is 31.6 Å². The molecule has 1 atom stereocenters. The van der Waals surface area contributed by atoms with Gasteiger partial charge in [-0.15, -0.1) is 0 Å². The van der Waals surface area contributed by atoms with Gasteiger partial charge in [0.05, 0.1) is 0 Å². The smallest absolute Gasteiger partial charge is 0.243 e. The third-order valence-electron chi connectivity index (χ3n) is 3.38. The molecule has 2 rings (SSSR count). The summed E-state index contributed by atoms with van der Waals surface area (Å²) in [7, 11) is -4.15. The van der Waals surface area contributed by atoms with Crippen LogP contribution in [0.15, 0.2) is 23.1 Å².